The minimum atomic E-state index is -1.44. The lowest BCUT2D eigenvalue weighted by molar-refractivity contribution is -0.129. The fourth-order valence-electron chi connectivity index (χ4n) is 3.84. The van der Waals surface area contributed by atoms with Crippen LogP contribution in [0.4, 0.5) is 10.2 Å². The van der Waals surface area contributed by atoms with Gasteiger partial charge in [0.25, 0.3) is 11.5 Å². The number of nitrogen functional groups attached to an aromatic ring is 1. The van der Waals surface area contributed by atoms with E-state index in [4.69, 9.17) is 10.5 Å². The largest absolute Gasteiger partial charge is 0.384 e. The van der Waals surface area contributed by atoms with Gasteiger partial charge in [0.15, 0.2) is 0 Å². The fraction of sp³-hybridized carbons (Fsp3) is 0.524. The van der Waals surface area contributed by atoms with E-state index in [-0.39, 0.29) is 35.5 Å². The number of amides is 2. The average Bonchev–Trinajstić information content (AvgIpc) is 3.69. The van der Waals surface area contributed by atoms with E-state index >= 15 is 0 Å². The number of hydrogen-bond donors (Lipinski definition) is 2. The average molecular weight is 444 g/mol. The molecule has 0 unspecified atom stereocenters. The maximum atomic E-state index is 14.8. The summed E-state index contributed by atoms with van der Waals surface area (Å²) in [6.07, 6.45) is 6.80. The molecule has 3 aliphatic rings. The summed E-state index contributed by atoms with van der Waals surface area (Å²) in [5.74, 6) is -0.872. The first-order chi connectivity index (χ1) is 15.4. The van der Waals surface area contributed by atoms with Gasteiger partial charge in [0.1, 0.15) is 22.7 Å². The standard InChI is InChI=1S/C21H25FN6O4/c22-21(5-6-21)12-27-17(23)16(18(30)25-14-2-3-14)20(31)28-19(27)13(11-24-28)1-4-15(29)26-7-9-32-10-8-26/h1,4,11,14H,2-3,5-10,12,23H2,(H,25,30)/b4-1+. The molecule has 1 aliphatic heterocycles. The van der Waals surface area contributed by atoms with Gasteiger partial charge < -0.3 is 25.3 Å². The first-order valence-electron chi connectivity index (χ1n) is 10.8. The maximum Gasteiger partial charge on any atom is 0.289 e. The molecule has 3 fully saturated rings. The van der Waals surface area contributed by atoms with Crippen molar-refractivity contribution in [1.82, 2.24) is 24.4 Å². The van der Waals surface area contributed by atoms with Gasteiger partial charge in [0.2, 0.25) is 5.91 Å². The number of nitrogens with two attached hydrogens (primary N) is 1. The van der Waals surface area contributed by atoms with Crippen LogP contribution in [0.1, 0.15) is 41.6 Å². The van der Waals surface area contributed by atoms with Crippen LogP contribution in [0, 0.1) is 0 Å². The molecule has 170 valence electrons. The van der Waals surface area contributed by atoms with Crippen molar-refractivity contribution >= 4 is 29.4 Å². The molecule has 0 bridgehead atoms. The van der Waals surface area contributed by atoms with E-state index in [9.17, 15) is 18.8 Å². The predicted molar refractivity (Wildman–Crippen MR) is 114 cm³/mol. The SMILES string of the molecule is Nc1c(C(=O)NC2CC2)c(=O)n2ncc(/C=C/C(=O)N3CCOCC3)c2n1CC1(F)CC1. The van der Waals surface area contributed by atoms with Gasteiger partial charge in [-0.1, -0.05) is 0 Å². The number of nitrogens with zero attached hydrogens (tertiary/aromatic N) is 4. The number of rotatable bonds is 6. The molecule has 2 saturated carbocycles. The van der Waals surface area contributed by atoms with Crippen molar-refractivity contribution in [3.63, 3.8) is 0 Å². The van der Waals surface area contributed by atoms with Crippen molar-refractivity contribution in [2.45, 2.75) is 43.9 Å². The van der Waals surface area contributed by atoms with Crippen LogP contribution < -0.4 is 16.6 Å². The maximum absolute atomic E-state index is 14.8. The highest BCUT2D eigenvalue weighted by molar-refractivity contribution is 5.99. The number of carbonyl (C=O) groups is 2. The van der Waals surface area contributed by atoms with Gasteiger partial charge in [-0.2, -0.15) is 9.61 Å². The number of aromatic nitrogens is 3. The summed E-state index contributed by atoms with van der Waals surface area (Å²) in [7, 11) is 0. The van der Waals surface area contributed by atoms with E-state index in [2.05, 4.69) is 10.4 Å². The Balaban J connectivity index is 1.56. The molecule has 0 aromatic carbocycles. The molecule has 0 atom stereocenters. The van der Waals surface area contributed by atoms with Crippen LogP contribution in [0.25, 0.3) is 11.7 Å². The van der Waals surface area contributed by atoms with E-state index in [1.165, 1.54) is 22.9 Å². The van der Waals surface area contributed by atoms with E-state index in [0.29, 0.717) is 44.7 Å². The third-order valence-electron chi connectivity index (χ3n) is 6.08. The van der Waals surface area contributed by atoms with Gasteiger partial charge in [-0.05, 0) is 31.8 Å². The molecular weight excluding hydrogens is 419 g/mol. The molecule has 11 heteroatoms. The molecule has 2 aliphatic carbocycles. The molecule has 0 radical (unpaired) electrons. The van der Waals surface area contributed by atoms with E-state index in [1.807, 2.05) is 0 Å². The predicted octanol–water partition coefficient (Wildman–Crippen LogP) is 0.345. The Morgan fingerprint density at radius 1 is 1.31 bits per heavy atom. The van der Waals surface area contributed by atoms with Gasteiger partial charge in [0, 0.05) is 30.8 Å². The summed E-state index contributed by atoms with van der Waals surface area (Å²) < 4.78 is 22.5. The first kappa shape index (κ1) is 20.7. The van der Waals surface area contributed by atoms with Crippen molar-refractivity contribution < 1.29 is 18.7 Å². The molecular formula is C21H25FN6O4. The zero-order valence-corrected chi connectivity index (χ0v) is 17.6. The number of halogens is 1. The zero-order chi connectivity index (χ0) is 22.5. The number of nitrogens with one attached hydrogen (secondary N) is 1. The van der Waals surface area contributed by atoms with Crippen LogP contribution in [0.3, 0.4) is 0 Å². The van der Waals surface area contributed by atoms with Crippen LogP contribution >= 0.6 is 0 Å². The molecule has 32 heavy (non-hydrogen) atoms. The van der Waals surface area contributed by atoms with Crippen LogP contribution in [0.2, 0.25) is 0 Å². The summed E-state index contributed by atoms with van der Waals surface area (Å²) >= 11 is 0. The smallest absolute Gasteiger partial charge is 0.289 e. The third kappa shape index (κ3) is 3.88. The second-order valence-electron chi connectivity index (χ2n) is 8.66. The summed E-state index contributed by atoms with van der Waals surface area (Å²) in [6, 6.07) is 0.0312. The number of carbonyl (C=O) groups excluding carboxylic acids is 2. The van der Waals surface area contributed by atoms with Crippen LogP contribution in [0.5, 0.6) is 0 Å². The second-order valence-corrected chi connectivity index (χ2v) is 8.66. The minimum absolute atomic E-state index is 0.0312. The lowest BCUT2D eigenvalue weighted by Gasteiger charge is -2.25. The Morgan fingerprint density at radius 3 is 2.69 bits per heavy atom. The Morgan fingerprint density at radius 2 is 2.03 bits per heavy atom. The van der Waals surface area contributed by atoms with Gasteiger partial charge in [-0.3, -0.25) is 14.4 Å². The second kappa shape index (κ2) is 7.73. The molecule has 1 saturated heterocycles. The van der Waals surface area contributed by atoms with Gasteiger partial charge in [-0.25, -0.2) is 4.39 Å². The van der Waals surface area contributed by atoms with Crippen LogP contribution in [-0.2, 0) is 16.1 Å². The van der Waals surface area contributed by atoms with Crippen LogP contribution in [0.15, 0.2) is 17.1 Å². The lowest BCUT2D eigenvalue weighted by atomic mass is 10.2. The van der Waals surface area contributed by atoms with Crippen LogP contribution in [-0.4, -0.2) is 68.9 Å². The number of anilines is 1. The molecule has 2 aromatic heterocycles. The van der Waals surface area contributed by atoms with Crippen molar-refractivity contribution in [1.29, 1.82) is 0 Å². The van der Waals surface area contributed by atoms with Crippen molar-refractivity contribution in [2.75, 3.05) is 32.0 Å². The van der Waals surface area contributed by atoms with E-state index in [0.717, 1.165) is 17.4 Å². The van der Waals surface area contributed by atoms with E-state index < -0.39 is 17.1 Å². The number of morpholine rings is 1. The highest BCUT2D eigenvalue weighted by Crippen LogP contribution is 2.42. The van der Waals surface area contributed by atoms with Gasteiger partial charge >= 0.3 is 0 Å². The Bertz CT molecular complexity index is 1170. The summed E-state index contributed by atoms with van der Waals surface area (Å²) in [6.45, 7) is 1.86. The number of hydrogen-bond acceptors (Lipinski definition) is 6. The quantitative estimate of drug-likeness (QED) is 0.620. The molecule has 2 amide bonds. The highest BCUT2D eigenvalue weighted by Gasteiger charge is 2.44. The van der Waals surface area contributed by atoms with Crippen molar-refractivity contribution in [3.8, 4) is 0 Å². The molecule has 10 nitrogen and oxygen atoms in total. The van der Waals surface area contributed by atoms with Crippen molar-refractivity contribution in [2.24, 2.45) is 0 Å². The Hall–Kier alpha value is -3.21. The third-order valence-corrected chi connectivity index (χ3v) is 6.08. The molecule has 3 N–H and O–H groups in total. The summed E-state index contributed by atoms with van der Waals surface area (Å²) in [5, 5.41) is 6.89. The highest BCUT2D eigenvalue weighted by atomic mass is 19.1. The summed E-state index contributed by atoms with van der Waals surface area (Å²) in [5.41, 5.74) is 4.61. The molecule has 0 spiro atoms. The van der Waals surface area contributed by atoms with Crippen molar-refractivity contribution in [3.05, 3.63) is 33.8 Å². The zero-order valence-electron chi connectivity index (χ0n) is 17.6. The molecule has 2 aromatic rings. The van der Waals surface area contributed by atoms with Gasteiger partial charge in [-0.15, -0.1) is 0 Å². The van der Waals surface area contributed by atoms with Gasteiger partial charge in [0.05, 0.1) is 26.0 Å². The number of fused-ring (bicyclic) bond motifs is 1. The number of ether oxygens (including phenoxy) is 1. The Labute approximate surface area is 182 Å². The number of alkyl halides is 1. The monoisotopic (exact) mass is 444 g/mol. The molecule has 5 rings (SSSR count). The topological polar surface area (TPSA) is 124 Å². The first-order valence-corrected chi connectivity index (χ1v) is 10.8. The fourth-order valence-corrected chi connectivity index (χ4v) is 3.84. The normalized spacial score (nSPS) is 20.1. The summed E-state index contributed by atoms with van der Waals surface area (Å²) in [4.78, 5) is 39.9. The Kier molecular flexibility index (Phi) is 5.00. The molecule has 3 heterocycles. The lowest BCUT2D eigenvalue weighted by Crippen LogP contribution is -2.39. The minimum Gasteiger partial charge on any atom is -0.384 e. The van der Waals surface area contributed by atoms with E-state index in [1.54, 1.807) is 4.90 Å².